The first-order valence-corrected chi connectivity index (χ1v) is 8.02. The van der Waals surface area contributed by atoms with Gasteiger partial charge in [-0.2, -0.15) is 0 Å². The van der Waals surface area contributed by atoms with Gasteiger partial charge in [-0.1, -0.05) is 30.3 Å². The molecule has 1 saturated heterocycles. The number of likely N-dealkylation sites (tertiary alicyclic amines) is 1. The number of rotatable bonds is 5. The summed E-state index contributed by atoms with van der Waals surface area (Å²) in [5.74, 6) is -1.05. The molecule has 0 spiro atoms. The number of Topliss-reactive ketones (excluding diaryl/α,β-unsaturated/α-hetero) is 1. The van der Waals surface area contributed by atoms with Gasteiger partial charge < -0.3 is 19.3 Å². The molecule has 3 rings (SSSR count). The van der Waals surface area contributed by atoms with Gasteiger partial charge in [-0.05, 0) is 26.2 Å². The molecule has 2 aromatic rings. The number of hydrogen-bond donors (Lipinski definition) is 1. The van der Waals surface area contributed by atoms with E-state index in [4.69, 9.17) is 4.42 Å². The van der Waals surface area contributed by atoms with Crippen molar-refractivity contribution in [2.75, 3.05) is 27.2 Å². The van der Waals surface area contributed by atoms with E-state index in [0.29, 0.717) is 24.4 Å². The van der Waals surface area contributed by atoms with E-state index in [2.05, 4.69) is 0 Å². The van der Waals surface area contributed by atoms with E-state index in [0.717, 1.165) is 0 Å². The zero-order valence-corrected chi connectivity index (χ0v) is 14.2. The summed E-state index contributed by atoms with van der Waals surface area (Å²) < 4.78 is 5.46. The first-order valence-electron chi connectivity index (χ1n) is 8.02. The van der Waals surface area contributed by atoms with Gasteiger partial charge in [0.2, 0.25) is 0 Å². The third-order valence-electron chi connectivity index (χ3n) is 4.19. The fraction of sp³-hybridized carbons (Fsp3) is 0.263. The lowest BCUT2D eigenvalue weighted by atomic mass is 9.99. The van der Waals surface area contributed by atoms with E-state index < -0.39 is 17.7 Å². The molecule has 1 atom stereocenters. The number of amides is 1. The number of benzene rings is 1. The summed E-state index contributed by atoms with van der Waals surface area (Å²) in [5.41, 5.74) is 0.551. The predicted molar refractivity (Wildman–Crippen MR) is 92.7 cm³/mol. The lowest BCUT2D eigenvalue weighted by molar-refractivity contribution is -0.140. The minimum atomic E-state index is -0.727. The van der Waals surface area contributed by atoms with Crippen molar-refractivity contribution in [3.8, 4) is 0 Å². The van der Waals surface area contributed by atoms with E-state index in [9.17, 15) is 14.7 Å². The lowest BCUT2D eigenvalue weighted by Gasteiger charge is -2.24. The van der Waals surface area contributed by atoms with Crippen molar-refractivity contribution < 1.29 is 19.1 Å². The highest BCUT2D eigenvalue weighted by Crippen LogP contribution is 2.39. The van der Waals surface area contributed by atoms with Gasteiger partial charge in [0.05, 0.1) is 11.8 Å². The maximum atomic E-state index is 12.6. The number of ketones is 1. The van der Waals surface area contributed by atoms with Gasteiger partial charge in [0.15, 0.2) is 0 Å². The molecule has 1 amide bonds. The van der Waals surface area contributed by atoms with Crippen LogP contribution in [0, 0.1) is 0 Å². The second-order valence-electron chi connectivity index (χ2n) is 6.18. The van der Waals surface area contributed by atoms with E-state index in [1.165, 1.54) is 11.2 Å². The molecule has 1 aliphatic rings. The number of likely N-dealkylation sites (N-methyl/N-ethyl adjacent to an activating group) is 1. The SMILES string of the molecule is CN(C)CCN1C(=O)C(=O)/C(=C(\O)c2ccccc2)C1c1ccco1. The normalized spacial score (nSPS) is 19.8. The van der Waals surface area contributed by atoms with Crippen LogP contribution in [0.2, 0.25) is 0 Å². The Morgan fingerprint density at radius 3 is 2.48 bits per heavy atom. The largest absolute Gasteiger partial charge is 0.507 e. The van der Waals surface area contributed by atoms with Gasteiger partial charge in [-0.25, -0.2) is 0 Å². The maximum Gasteiger partial charge on any atom is 0.295 e. The number of carbonyl (C=O) groups excluding carboxylic acids is 2. The molecule has 0 saturated carbocycles. The average molecular weight is 340 g/mol. The zero-order chi connectivity index (χ0) is 18.0. The van der Waals surface area contributed by atoms with Gasteiger partial charge in [0, 0.05) is 18.7 Å². The van der Waals surface area contributed by atoms with Crippen LogP contribution in [0.25, 0.3) is 5.76 Å². The minimum absolute atomic E-state index is 0.0601. The molecule has 1 aliphatic heterocycles. The highest BCUT2D eigenvalue weighted by Gasteiger charge is 2.47. The molecule has 1 aromatic carbocycles. The van der Waals surface area contributed by atoms with E-state index in [-0.39, 0.29) is 11.3 Å². The van der Waals surface area contributed by atoms with Gasteiger partial charge >= 0.3 is 0 Å². The number of carbonyl (C=O) groups is 2. The number of aliphatic hydroxyl groups is 1. The molecule has 2 heterocycles. The van der Waals surface area contributed by atoms with Crippen molar-refractivity contribution in [3.63, 3.8) is 0 Å². The zero-order valence-electron chi connectivity index (χ0n) is 14.2. The Balaban J connectivity index is 2.09. The molecule has 1 aromatic heterocycles. The molecule has 1 N–H and O–H groups in total. The van der Waals surface area contributed by atoms with Crippen LogP contribution in [0.4, 0.5) is 0 Å². The second kappa shape index (κ2) is 6.94. The Kier molecular flexibility index (Phi) is 4.72. The molecule has 1 unspecified atom stereocenters. The highest BCUT2D eigenvalue weighted by atomic mass is 16.3. The van der Waals surface area contributed by atoms with Crippen LogP contribution in [-0.2, 0) is 9.59 Å². The lowest BCUT2D eigenvalue weighted by Crippen LogP contribution is -2.35. The smallest absolute Gasteiger partial charge is 0.295 e. The number of furan rings is 1. The first-order chi connectivity index (χ1) is 12.0. The topological polar surface area (TPSA) is 74.0 Å². The first kappa shape index (κ1) is 17.0. The molecule has 6 heteroatoms. The van der Waals surface area contributed by atoms with Gasteiger partial charge in [0.25, 0.3) is 11.7 Å². The van der Waals surface area contributed by atoms with E-state index in [1.807, 2.05) is 25.1 Å². The van der Waals surface area contributed by atoms with Crippen molar-refractivity contribution in [2.24, 2.45) is 0 Å². The second-order valence-corrected chi connectivity index (χ2v) is 6.18. The molecule has 6 nitrogen and oxygen atoms in total. The van der Waals surface area contributed by atoms with Gasteiger partial charge in [-0.15, -0.1) is 0 Å². The molecule has 1 fully saturated rings. The number of hydrogen-bond acceptors (Lipinski definition) is 5. The van der Waals surface area contributed by atoms with Crippen LogP contribution in [0.5, 0.6) is 0 Å². The Hall–Kier alpha value is -2.86. The van der Waals surface area contributed by atoms with Crippen molar-refractivity contribution >= 4 is 17.4 Å². The molecule has 25 heavy (non-hydrogen) atoms. The van der Waals surface area contributed by atoms with Crippen LogP contribution in [0.15, 0.2) is 58.7 Å². The Morgan fingerprint density at radius 1 is 1.16 bits per heavy atom. The fourth-order valence-corrected chi connectivity index (χ4v) is 2.91. The summed E-state index contributed by atoms with van der Waals surface area (Å²) in [7, 11) is 3.78. The van der Waals surface area contributed by atoms with Crippen LogP contribution >= 0.6 is 0 Å². The molecule has 130 valence electrons. The Morgan fingerprint density at radius 2 is 1.88 bits per heavy atom. The van der Waals surface area contributed by atoms with Crippen molar-refractivity contribution in [1.29, 1.82) is 0 Å². The minimum Gasteiger partial charge on any atom is -0.507 e. The van der Waals surface area contributed by atoms with Crippen molar-refractivity contribution in [1.82, 2.24) is 9.80 Å². The molecule has 0 radical (unpaired) electrons. The average Bonchev–Trinajstić information content (AvgIpc) is 3.21. The monoisotopic (exact) mass is 340 g/mol. The highest BCUT2D eigenvalue weighted by molar-refractivity contribution is 6.46. The quantitative estimate of drug-likeness (QED) is 0.513. The summed E-state index contributed by atoms with van der Waals surface area (Å²) in [6, 6.07) is 11.4. The van der Waals surface area contributed by atoms with Crippen LogP contribution in [0.1, 0.15) is 17.4 Å². The molecular weight excluding hydrogens is 320 g/mol. The van der Waals surface area contributed by atoms with Crippen molar-refractivity contribution in [2.45, 2.75) is 6.04 Å². The Labute approximate surface area is 146 Å². The molecule has 0 bridgehead atoms. The fourth-order valence-electron chi connectivity index (χ4n) is 2.91. The number of nitrogens with zero attached hydrogens (tertiary/aromatic N) is 2. The standard InChI is InChI=1S/C19H20N2O4/c1-20(2)10-11-21-16(14-9-6-12-25-14)15(18(23)19(21)24)17(22)13-7-4-3-5-8-13/h3-9,12,16,22H,10-11H2,1-2H3/b17-15-. The third kappa shape index (κ3) is 3.21. The summed E-state index contributed by atoms with van der Waals surface area (Å²) >= 11 is 0. The number of aliphatic hydroxyl groups excluding tert-OH is 1. The van der Waals surface area contributed by atoms with E-state index >= 15 is 0 Å². The summed E-state index contributed by atoms with van der Waals surface area (Å²) in [6.45, 7) is 0.949. The molecule has 0 aliphatic carbocycles. The summed E-state index contributed by atoms with van der Waals surface area (Å²) in [4.78, 5) is 28.5. The van der Waals surface area contributed by atoms with Crippen molar-refractivity contribution in [3.05, 3.63) is 65.6 Å². The summed E-state index contributed by atoms with van der Waals surface area (Å²) in [5, 5.41) is 10.7. The third-order valence-corrected chi connectivity index (χ3v) is 4.19. The maximum absolute atomic E-state index is 12.6. The Bertz CT molecular complexity index is 794. The molecular formula is C19H20N2O4. The van der Waals surface area contributed by atoms with Gasteiger partial charge in [-0.3, -0.25) is 9.59 Å². The van der Waals surface area contributed by atoms with Crippen LogP contribution in [0.3, 0.4) is 0 Å². The van der Waals surface area contributed by atoms with Crippen LogP contribution < -0.4 is 0 Å². The van der Waals surface area contributed by atoms with Gasteiger partial charge in [0.1, 0.15) is 17.6 Å². The van der Waals surface area contributed by atoms with Crippen LogP contribution in [-0.4, -0.2) is 53.8 Å². The predicted octanol–water partition coefficient (Wildman–Crippen LogP) is 2.26. The summed E-state index contributed by atoms with van der Waals surface area (Å²) in [6.07, 6.45) is 1.49. The van der Waals surface area contributed by atoms with E-state index in [1.54, 1.807) is 36.4 Å².